The summed E-state index contributed by atoms with van der Waals surface area (Å²) >= 11 is 0. The van der Waals surface area contributed by atoms with Gasteiger partial charge in [-0.1, -0.05) is 152 Å². The fraction of sp³-hybridized carbons (Fsp3) is 0. The van der Waals surface area contributed by atoms with Crippen molar-refractivity contribution >= 4 is 76.1 Å². The number of hydrogen-bond donors (Lipinski definition) is 0. The standard InChI is InChI=1S/C53H32N2O/c1-3-14-33(15-4-1)47-30-35(31-48(54-47)34-16-5-2-6-17-34)37-23-13-24-43-44-28-29-50-51(53(44)56-52(37)43)45-22-11-12-25-49(45)55(50)36-26-27-42-40-20-8-7-18-38(40)39-19-9-10-21-41(39)46(42)32-36/h1-32H. The highest BCUT2D eigenvalue weighted by atomic mass is 16.3. The molecular formula is C53H32N2O. The van der Waals surface area contributed by atoms with E-state index in [-0.39, 0.29) is 0 Å². The highest BCUT2D eigenvalue weighted by Gasteiger charge is 2.21. The van der Waals surface area contributed by atoms with Gasteiger partial charge < -0.3 is 8.98 Å². The maximum atomic E-state index is 7.14. The smallest absolute Gasteiger partial charge is 0.145 e. The highest BCUT2D eigenvalue weighted by molar-refractivity contribution is 6.27. The quantitative estimate of drug-likeness (QED) is 0.170. The minimum absolute atomic E-state index is 0.875. The SMILES string of the molecule is c1ccc(-c2cc(-c3cccc4c3oc3c4ccc4c3c3ccccc3n4-c3ccc4c5ccccc5c5ccccc5c4c3)cc(-c3ccccc3)n2)cc1. The molecule has 0 radical (unpaired) electrons. The zero-order chi connectivity index (χ0) is 36.7. The Labute approximate surface area is 322 Å². The Morgan fingerprint density at radius 1 is 0.339 bits per heavy atom. The number of furan rings is 1. The largest absolute Gasteiger partial charge is 0.455 e. The summed E-state index contributed by atoms with van der Waals surface area (Å²) in [4.78, 5) is 5.15. The molecule has 3 heteroatoms. The van der Waals surface area contributed by atoms with Gasteiger partial charge in [-0.2, -0.15) is 0 Å². The molecule has 0 spiro atoms. The van der Waals surface area contributed by atoms with Gasteiger partial charge in [0.05, 0.1) is 27.8 Å². The van der Waals surface area contributed by atoms with E-state index in [9.17, 15) is 0 Å². The summed E-state index contributed by atoms with van der Waals surface area (Å²) in [6.07, 6.45) is 0. The summed E-state index contributed by atoms with van der Waals surface area (Å²) in [5.74, 6) is 0. The van der Waals surface area contributed by atoms with Crippen LogP contribution in [0.2, 0.25) is 0 Å². The molecule has 0 N–H and O–H groups in total. The van der Waals surface area contributed by atoms with E-state index in [4.69, 9.17) is 9.40 Å². The lowest BCUT2D eigenvalue weighted by atomic mass is 9.94. The topological polar surface area (TPSA) is 31.0 Å². The summed E-state index contributed by atoms with van der Waals surface area (Å²) in [6, 6.07) is 69.4. The van der Waals surface area contributed by atoms with Crippen LogP contribution < -0.4 is 0 Å². The molecule has 260 valence electrons. The number of fused-ring (bicyclic) bond motifs is 13. The van der Waals surface area contributed by atoms with Gasteiger partial charge in [-0.3, -0.25) is 0 Å². The normalized spacial score (nSPS) is 11.9. The van der Waals surface area contributed by atoms with Crippen LogP contribution >= 0.6 is 0 Å². The lowest BCUT2D eigenvalue weighted by molar-refractivity contribution is 0.674. The summed E-state index contributed by atoms with van der Waals surface area (Å²) in [7, 11) is 0. The minimum Gasteiger partial charge on any atom is -0.455 e. The van der Waals surface area contributed by atoms with E-state index in [0.29, 0.717) is 0 Å². The predicted molar refractivity (Wildman–Crippen MR) is 235 cm³/mol. The molecule has 3 aromatic heterocycles. The van der Waals surface area contributed by atoms with Gasteiger partial charge in [-0.05, 0) is 80.3 Å². The van der Waals surface area contributed by atoms with Crippen molar-refractivity contribution < 1.29 is 4.42 Å². The summed E-state index contributed by atoms with van der Waals surface area (Å²) in [5.41, 5.74) is 11.3. The summed E-state index contributed by atoms with van der Waals surface area (Å²) in [5, 5.41) is 12.1. The molecule has 0 bridgehead atoms. The van der Waals surface area contributed by atoms with Crippen molar-refractivity contribution in [2.45, 2.75) is 0 Å². The van der Waals surface area contributed by atoms with Crippen molar-refractivity contribution in [3.63, 3.8) is 0 Å². The molecule has 56 heavy (non-hydrogen) atoms. The van der Waals surface area contributed by atoms with Crippen molar-refractivity contribution in [1.29, 1.82) is 0 Å². The van der Waals surface area contributed by atoms with Crippen LogP contribution in [0.25, 0.3) is 115 Å². The average Bonchev–Trinajstić information content (AvgIpc) is 3.83. The average molecular weight is 713 g/mol. The van der Waals surface area contributed by atoms with Gasteiger partial charge in [0.15, 0.2) is 0 Å². The first kappa shape index (κ1) is 30.9. The van der Waals surface area contributed by atoms with E-state index >= 15 is 0 Å². The number of rotatable bonds is 4. The second kappa shape index (κ2) is 12.0. The molecule has 0 aliphatic carbocycles. The molecule has 12 aromatic rings. The van der Waals surface area contributed by atoms with Crippen LogP contribution in [-0.4, -0.2) is 9.55 Å². The fourth-order valence-corrected chi connectivity index (χ4v) is 9.05. The Balaban J connectivity index is 1.11. The Morgan fingerprint density at radius 3 is 1.52 bits per heavy atom. The van der Waals surface area contributed by atoms with Crippen LogP contribution in [0, 0.1) is 0 Å². The number of aromatic nitrogens is 2. The molecule has 0 aliphatic rings. The molecule has 0 saturated carbocycles. The van der Waals surface area contributed by atoms with E-state index in [1.165, 1.54) is 37.7 Å². The fourth-order valence-electron chi connectivity index (χ4n) is 9.05. The molecule has 0 amide bonds. The van der Waals surface area contributed by atoms with Crippen LogP contribution in [-0.2, 0) is 0 Å². The van der Waals surface area contributed by atoms with Crippen LogP contribution in [0.3, 0.4) is 0 Å². The Bertz CT molecular complexity index is 3430. The van der Waals surface area contributed by atoms with Gasteiger partial charge in [0.25, 0.3) is 0 Å². The molecular weight excluding hydrogens is 681 g/mol. The molecule has 0 fully saturated rings. The van der Waals surface area contributed by atoms with Gasteiger partial charge in [0.1, 0.15) is 11.2 Å². The minimum atomic E-state index is 0.875. The van der Waals surface area contributed by atoms with Crippen LogP contribution in [0.5, 0.6) is 0 Å². The van der Waals surface area contributed by atoms with E-state index in [1.807, 2.05) is 12.1 Å². The van der Waals surface area contributed by atoms with Crippen molar-refractivity contribution in [2.75, 3.05) is 0 Å². The molecule has 0 unspecified atom stereocenters. The van der Waals surface area contributed by atoms with Gasteiger partial charge >= 0.3 is 0 Å². The van der Waals surface area contributed by atoms with Crippen LogP contribution in [0.1, 0.15) is 0 Å². The Morgan fingerprint density at radius 2 is 0.857 bits per heavy atom. The Hall–Kier alpha value is -7.49. The predicted octanol–water partition coefficient (Wildman–Crippen LogP) is 14.5. The zero-order valence-electron chi connectivity index (χ0n) is 30.3. The zero-order valence-corrected chi connectivity index (χ0v) is 30.3. The number of pyridine rings is 1. The van der Waals surface area contributed by atoms with Crippen LogP contribution in [0.15, 0.2) is 199 Å². The second-order valence-electron chi connectivity index (χ2n) is 14.7. The number of hydrogen-bond acceptors (Lipinski definition) is 2. The van der Waals surface area contributed by atoms with Gasteiger partial charge in [0, 0.05) is 38.5 Å². The maximum absolute atomic E-state index is 7.14. The third-order valence-corrected chi connectivity index (χ3v) is 11.6. The lowest BCUT2D eigenvalue weighted by Gasteiger charge is -2.13. The van der Waals surface area contributed by atoms with E-state index < -0.39 is 0 Å². The van der Waals surface area contributed by atoms with Gasteiger partial charge in [0.2, 0.25) is 0 Å². The molecule has 9 aromatic carbocycles. The number of benzene rings is 9. The Kier molecular flexibility index (Phi) is 6.63. The molecule has 3 nitrogen and oxygen atoms in total. The molecule has 0 aliphatic heterocycles. The van der Waals surface area contributed by atoms with Crippen molar-refractivity contribution in [3.05, 3.63) is 194 Å². The molecule has 3 heterocycles. The first-order chi connectivity index (χ1) is 27.8. The summed E-state index contributed by atoms with van der Waals surface area (Å²) < 4.78 is 9.55. The molecule has 12 rings (SSSR count). The summed E-state index contributed by atoms with van der Waals surface area (Å²) in [6.45, 7) is 0. The first-order valence-electron chi connectivity index (χ1n) is 19.1. The number of para-hydroxylation sites is 2. The van der Waals surface area contributed by atoms with Crippen molar-refractivity contribution in [2.24, 2.45) is 0 Å². The monoisotopic (exact) mass is 712 g/mol. The molecule has 0 saturated heterocycles. The maximum Gasteiger partial charge on any atom is 0.145 e. The van der Waals surface area contributed by atoms with Crippen molar-refractivity contribution in [3.8, 4) is 39.3 Å². The van der Waals surface area contributed by atoms with E-state index in [2.05, 4.69) is 187 Å². The molecule has 0 atom stereocenters. The van der Waals surface area contributed by atoms with Crippen LogP contribution in [0.4, 0.5) is 0 Å². The lowest BCUT2D eigenvalue weighted by Crippen LogP contribution is -1.94. The first-order valence-corrected chi connectivity index (χ1v) is 19.1. The van der Waals surface area contributed by atoms with Crippen molar-refractivity contribution in [1.82, 2.24) is 9.55 Å². The van der Waals surface area contributed by atoms with Gasteiger partial charge in [-0.15, -0.1) is 0 Å². The second-order valence-corrected chi connectivity index (χ2v) is 14.7. The van der Waals surface area contributed by atoms with E-state index in [1.54, 1.807) is 0 Å². The number of nitrogens with zero attached hydrogens (tertiary/aromatic N) is 2. The third-order valence-electron chi connectivity index (χ3n) is 11.6. The third kappa shape index (κ3) is 4.55. The van der Waals surface area contributed by atoms with Gasteiger partial charge in [-0.25, -0.2) is 4.98 Å². The van der Waals surface area contributed by atoms with E-state index in [0.717, 1.165) is 77.7 Å². The highest BCUT2D eigenvalue weighted by Crippen LogP contribution is 2.44.